The molecule has 4 aliphatic rings. The van der Waals surface area contributed by atoms with Crippen LogP contribution in [0.25, 0.3) is 0 Å². The minimum atomic E-state index is -0.537. The van der Waals surface area contributed by atoms with E-state index in [1.165, 1.54) is 0 Å². The zero-order chi connectivity index (χ0) is 10.7. The van der Waals surface area contributed by atoms with Gasteiger partial charge in [-0.15, -0.1) is 0 Å². The van der Waals surface area contributed by atoms with Crippen molar-refractivity contribution in [2.24, 2.45) is 5.92 Å². The molecule has 15 heavy (non-hydrogen) atoms. The SMILES string of the molecule is CC1(C2CC[C@@]3(C)CC2O3)COC(=O)O1. The zero-order valence-corrected chi connectivity index (χ0v) is 9.12. The lowest BCUT2D eigenvalue weighted by Gasteiger charge is -2.56. The summed E-state index contributed by atoms with van der Waals surface area (Å²) in [7, 11) is 0. The van der Waals surface area contributed by atoms with Crippen molar-refractivity contribution in [3.63, 3.8) is 0 Å². The third-order valence-electron chi connectivity index (χ3n) is 4.08. The van der Waals surface area contributed by atoms with Crippen molar-refractivity contribution in [1.29, 1.82) is 0 Å². The predicted octanol–water partition coefficient (Wildman–Crippen LogP) is 1.87. The molecule has 0 aromatic rings. The normalized spacial score (nSPS) is 53.1. The Morgan fingerprint density at radius 1 is 1.40 bits per heavy atom. The number of cyclic esters (lactones) is 2. The summed E-state index contributed by atoms with van der Waals surface area (Å²) in [5.74, 6) is 0.297. The maximum atomic E-state index is 11.0. The van der Waals surface area contributed by atoms with E-state index in [0.717, 1.165) is 19.3 Å². The lowest BCUT2D eigenvalue weighted by Crippen LogP contribution is -2.61. The third kappa shape index (κ3) is 1.27. The minimum Gasteiger partial charge on any atom is -0.430 e. The number of hydrogen-bond donors (Lipinski definition) is 0. The van der Waals surface area contributed by atoms with Crippen LogP contribution in [-0.2, 0) is 14.2 Å². The molecule has 0 aromatic heterocycles. The first-order chi connectivity index (χ1) is 7.01. The number of rotatable bonds is 1. The minimum absolute atomic E-state index is 0.0982. The molecule has 4 atom stereocenters. The Hall–Kier alpha value is -0.770. The largest absolute Gasteiger partial charge is 0.509 e. The van der Waals surface area contributed by atoms with Gasteiger partial charge >= 0.3 is 6.16 Å². The van der Waals surface area contributed by atoms with E-state index < -0.39 is 11.8 Å². The molecule has 0 spiro atoms. The molecule has 3 saturated heterocycles. The van der Waals surface area contributed by atoms with Crippen molar-refractivity contribution in [3.05, 3.63) is 0 Å². The fraction of sp³-hybridized carbons (Fsp3) is 0.909. The predicted molar refractivity (Wildman–Crippen MR) is 51.5 cm³/mol. The summed E-state index contributed by atoms with van der Waals surface area (Å²) in [4.78, 5) is 11.0. The second-order valence-electron chi connectivity index (χ2n) is 5.41. The molecule has 0 amide bonds. The molecule has 1 saturated carbocycles. The van der Waals surface area contributed by atoms with Crippen LogP contribution in [0.2, 0.25) is 0 Å². The van der Waals surface area contributed by atoms with Crippen LogP contribution in [0.1, 0.15) is 33.1 Å². The summed E-state index contributed by atoms with van der Waals surface area (Å²) >= 11 is 0. The maximum absolute atomic E-state index is 11.0. The fourth-order valence-corrected chi connectivity index (χ4v) is 3.15. The smallest absolute Gasteiger partial charge is 0.430 e. The van der Waals surface area contributed by atoms with E-state index in [9.17, 15) is 4.79 Å². The molecule has 0 radical (unpaired) electrons. The van der Waals surface area contributed by atoms with Crippen LogP contribution in [0.4, 0.5) is 4.79 Å². The highest BCUT2D eigenvalue weighted by Crippen LogP contribution is 2.51. The molecule has 3 heterocycles. The molecule has 3 aliphatic heterocycles. The molecular formula is C11H16O4. The van der Waals surface area contributed by atoms with Crippen LogP contribution in [0.3, 0.4) is 0 Å². The van der Waals surface area contributed by atoms with Gasteiger partial charge in [-0.3, -0.25) is 0 Å². The Kier molecular flexibility index (Phi) is 1.68. The highest BCUT2D eigenvalue weighted by atomic mass is 16.8. The van der Waals surface area contributed by atoms with Crippen molar-refractivity contribution in [1.82, 2.24) is 0 Å². The van der Waals surface area contributed by atoms with Gasteiger partial charge in [-0.25, -0.2) is 4.79 Å². The van der Waals surface area contributed by atoms with Gasteiger partial charge in [-0.05, 0) is 26.7 Å². The van der Waals surface area contributed by atoms with Crippen molar-refractivity contribution in [3.8, 4) is 0 Å². The van der Waals surface area contributed by atoms with Crippen molar-refractivity contribution in [2.75, 3.05) is 6.61 Å². The molecular weight excluding hydrogens is 196 g/mol. The quantitative estimate of drug-likeness (QED) is 0.622. The highest BCUT2D eigenvalue weighted by molar-refractivity contribution is 5.62. The van der Waals surface area contributed by atoms with Crippen LogP contribution < -0.4 is 0 Å². The van der Waals surface area contributed by atoms with Crippen LogP contribution in [0, 0.1) is 5.92 Å². The number of carbonyl (C=O) groups is 1. The Labute approximate surface area is 88.9 Å². The van der Waals surface area contributed by atoms with Crippen molar-refractivity contribution in [2.45, 2.75) is 50.4 Å². The maximum Gasteiger partial charge on any atom is 0.509 e. The van der Waals surface area contributed by atoms with Gasteiger partial charge in [0.25, 0.3) is 0 Å². The molecule has 0 N–H and O–H groups in total. The highest BCUT2D eigenvalue weighted by Gasteiger charge is 2.58. The molecule has 0 aromatic carbocycles. The van der Waals surface area contributed by atoms with E-state index in [4.69, 9.17) is 14.2 Å². The summed E-state index contributed by atoms with van der Waals surface area (Å²) < 4.78 is 16.0. The molecule has 4 rings (SSSR count). The number of hydrogen-bond acceptors (Lipinski definition) is 4. The first-order valence-electron chi connectivity index (χ1n) is 5.54. The van der Waals surface area contributed by atoms with E-state index in [1.54, 1.807) is 0 Å². The fourth-order valence-electron chi connectivity index (χ4n) is 3.15. The molecule has 4 heteroatoms. The topological polar surface area (TPSA) is 44.8 Å². The second kappa shape index (κ2) is 2.67. The summed E-state index contributed by atoms with van der Waals surface area (Å²) in [6.07, 6.45) is 2.92. The number of fused-ring (bicyclic) bond motifs is 2. The first kappa shape index (κ1) is 9.46. The molecule has 1 aliphatic carbocycles. The van der Waals surface area contributed by atoms with Gasteiger partial charge in [0.2, 0.25) is 0 Å². The second-order valence-corrected chi connectivity index (χ2v) is 5.41. The summed E-state index contributed by atoms with van der Waals surface area (Å²) in [5, 5.41) is 0. The standard InChI is InChI=1S/C11H16O4/c1-10-4-3-7(8(5-10)14-10)11(2)6-13-9(12)15-11/h7-8H,3-6H2,1-2H3/t7?,8?,10-,11?/m0/s1. The van der Waals surface area contributed by atoms with Gasteiger partial charge in [-0.1, -0.05) is 0 Å². The Bertz CT molecular complexity index is 302. The van der Waals surface area contributed by atoms with E-state index in [1.807, 2.05) is 6.92 Å². The molecule has 3 unspecified atom stereocenters. The summed E-state index contributed by atoms with van der Waals surface area (Å²) in [6.45, 7) is 4.47. The first-order valence-corrected chi connectivity index (χ1v) is 5.54. The average Bonchev–Trinajstić information content (AvgIpc) is 2.46. The molecule has 4 fully saturated rings. The zero-order valence-electron chi connectivity index (χ0n) is 9.12. The van der Waals surface area contributed by atoms with Crippen LogP contribution in [0.15, 0.2) is 0 Å². The lowest BCUT2D eigenvalue weighted by atomic mass is 9.67. The van der Waals surface area contributed by atoms with Gasteiger partial charge in [0, 0.05) is 12.3 Å². The monoisotopic (exact) mass is 212 g/mol. The Balaban J connectivity index is 1.75. The van der Waals surface area contributed by atoms with Gasteiger partial charge in [0.05, 0.1) is 11.7 Å². The van der Waals surface area contributed by atoms with E-state index in [0.29, 0.717) is 12.5 Å². The lowest BCUT2D eigenvalue weighted by molar-refractivity contribution is -0.270. The number of carbonyl (C=O) groups excluding carboxylic acids is 1. The summed E-state index contributed by atoms with van der Waals surface area (Å²) in [5.41, 5.74) is -0.371. The molecule has 84 valence electrons. The van der Waals surface area contributed by atoms with Crippen molar-refractivity contribution >= 4 is 6.16 Å². The molecule has 4 nitrogen and oxygen atoms in total. The van der Waals surface area contributed by atoms with Gasteiger partial charge in [0.15, 0.2) is 5.60 Å². The molecule has 2 bridgehead atoms. The van der Waals surface area contributed by atoms with E-state index in [-0.39, 0.29) is 11.7 Å². The van der Waals surface area contributed by atoms with Crippen LogP contribution >= 0.6 is 0 Å². The van der Waals surface area contributed by atoms with Crippen LogP contribution in [-0.4, -0.2) is 30.1 Å². The Morgan fingerprint density at radius 2 is 2.13 bits per heavy atom. The average molecular weight is 212 g/mol. The Morgan fingerprint density at radius 3 is 2.60 bits per heavy atom. The number of ether oxygens (including phenoxy) is 3. The summed E-state index contributed by atoms with van der Waals surface area (Å²) in [6, 6.07) is 0. The van der Waals surface area contributed by atoms with Crippen LogP contribution in [0.5, 0.6) is 0 Å². The van der Waals surface area contributed by atoms with E-state index >= 15 is 0 Å². The van der Waals surface area contributed by atoms with Gasteiger partial charge in [-0.2, -0.15) is 0 Å². The van der Waals surface area contributed by atoms with E-state index in [2.05, 4.69) is 6.92 Å². The van der Waals surface area contributed by atoms with Gasteiger partial charge in [0.1, 0.15) is 6.61 Å². The third-order valence-corrected chi connectivity index (χ3v) is 4.08. The van der Waals surface area contributed by atoms with Crippen molar-refractivity contribution < 1.29 is 19.0 Å². The van der Waals surface area contributed by atoms with Gasteiger partial charge < -0.3 is 14.2 Å².